The molecule has 5 nitrogen and oxygen atoms in total. The smallest absolute Gasteiger partial charge is 0.322 e. The molecule has 2 N–H and O–H groups in total. The number of amides is 1. The Bertz CT molecular complexity index is 1300. The Morgan fingerprint density at radius 3 is 2.32 bits per heavy atom. The van der Waals surface area contributed by atoms with Crippen molar-refractivity contribution in [3.05, 3.63) is 117 Å². The number of hydrogen-bond acceptors (Lipinski definition) is 3. The molecule has 0 saturated heterocycles. The number of carbonyl (C=O) groups excluding carboxylic acids is 1. The SMILES string of the molecule is O=C(Nc1cccc(Cl)c1)c1c(-c2ccccc2)nc(=O)[nH]c1/C=C/c1ccccc1. The van der Waals surface area contributed by atoms with E-state index in [4.69, 9.17) is 11.6 Å². The minimum Gasteiger partial charge on any atom is -0.322 e. The minimum absolute atomic E-state index is 0.262. The molecule has 1 heterocycles. The molecule has 1 aromatic heterocycles. The van der Waals surface area contributed by atoms with Crippen LogP contribution >= 0.6 is 11.6 Å². The molecule has 3 aromatic carbocycles. The summed E-state index contributed by atoms with van der Waals surface area (Å²) in [6.07, 6.45) is 3.54. The number of rotatable bonds is 5. The third kappa shape index (κ3) is 4.97. The van der Waals surface area contributed by atoms with E-state index in [0.29, 0.717) is 27.7 Å². The first kappa shape index (κ1) is 20.3. The van der Waals surface area contributed by atoms with Gasteiger partial charge in [0.15, 0.2) is 0 Å². The Balaban J connectivity index is 1.84. The lowest BCUT2D eigenvalue weighted by molar-refractivity contribution is 0.102. The van der Waals surface area contributed by atoms with Crippen LogP contribution in [0.5, 0.6) is 0 Å². The zero-order valence-corrected chi connectivity index (χ0v) is 17.1. The van der Waals surface area contributed by atoms with Crippen molar-refractivity contribution in [1.29, 1.82) is 0 Å². The summed E-state index contributed by atoms with van der Waals surface area (Å²) in [4.78, 5) is 32.4. The fourth-order valence-corrected chi connectivity index (χ4v) is 3.34. The molecule has 4 aromatic rings. The number of aromatic amines is 1. The van der Waals surface area contributed by atoms with Crippen LogP contribution in [0.15, 0.2) is 89.7 Å². The van der Waals surface area contributed by atoms with E-state index in [1.165, 1.54) is 0 Å². The van der Waals surface area contributed by atoms with Gasteiger partial charge in [-0.1, -0.05) is 84.4 Å². The lowest BCUT2D eigenvalue weighted by atomic mass is 10.0. The lowest BCUT2D eigenvalue weighted by Gasteiger charge is -2.12. The number of anilines is 1. The number of halogens is 1. The molecular weight excluding hydrogens is 410 g/mol. The van der Waals surface area contributed by atoms with Gasteiger partial charge >= 0.3 is 5.69 Å². The maximum atomic E-state index is 13.3. The largest absolute Gasteiger partial charge is 0.345 e. The molecule has 4 rings (SSSR count). The van der Waals surface area contributed by atoms with Gasteiger partial charge in [0, 0.05) is 16.3 Å². The van der Waals surface area contributed by atoms with Crippen molar-refractivity contribution in [2.75, 3.05) is 5.32 Å². The number of nitrogens with one attached hydrogen (secondary N) is 2. The Morgan fingerprint density at radius 1 is 0.903 bits per heavy atom. The molecule has 1 amide bonds. The van der Waals surface area contributed by atoms with E-state index in [1.54, 1.807) is 30.3 Å². The van der Waals surface area contributed by atoms with Gasteiger partial charge in [-0.25, -0.2) is 4.79 Å². The number of aromatic nitrogens is 2. The molecule has 152 valence electrons. The molecule has 6 heteroatoms. The summed E-state index contributed by atoms with van der Waals surface area (Å²) in [7, 11) is 0. The summed E-state index contributed by atoms with van der Waals surface area (Å²) in [5.41, 5.74) is 2.53. The highest BCUT2D eigenvalue weighted by Crippen LogP contribution is 2.25. The zero-order valence-electron chi connectivity index (χ0n) is 16.4. The molecule has 0 saturated carbocycles. The molecule has 0 aliphatic carbocycles. The van der Waals surface area contributed by atoms with Crippen LogP contribution in [0.25, 0.3) is 23.4 Å². The number of hydrogen-bond donors (Lipinski definition) is 2. The van der Waals surface area contributed by atoms with Gasteiger partial charge in [0.05, 0.1) is 17.0 Å². The van der Waals surface area contributed by atoms with E-state index in [0.717, 1.165) is 5.56 Å². The van der Waals surface area contributed by atoms with E-state index in [1.807, 2.05) is 66.7 Å². The number of nitrogens with zero attached hydrogens (tertiary/aromatic N) is 1. The fraction of sp³-hybridized carbons (Fsp3) is 0. The molecule has 0 aliphatic rings. The highest BCUT2D eigenvalue weighted by atomic mass is 35.5. The monoisotopic (exact) mass is 427 g/mol. The quantitative estimate of drug-likeness (QED) is 0.440. The average molecular weight is 428 g/mol. The minimum atomic E-state index is -0.536. The van der Waals surface area contributed by atoms with Crippen molar-refractivity contribution in [1.82, 2.24) is 9.97 Å². The predicted octanol–water partition coefficient (Wildman–Crippen LogP) is 5.51. The van der Waals surface area contributed by atoms with Crippen LogP contribution in [0.1, 0.15) is 21.6 Å². The molecular formula is C25H18ClN3O2. The van der Waals surface area contributed by atoms with Gasteiger partial charge in [-0.15, -0.1) is 0 Å². The van der Waals surface area contributed by atoms with Gasteiger partial charge in [0.1, 0.15) is 0 Å². The number of H-pyrrole nitrogens is 1. The van der Waals surface area contributed by atoms with Crippen LogP contribution in [0, 0.1) is 0 Å². The molecule has 31 heavy (non-hydrogen) atoms. The fourth-order valence-electron chi connectivity index (χ4n) is 3.15. The normalized spacial score (nSPS) is 10.9. The molecule has 0 fully saturated rings. The van der Waals surface area contributed by atoms with E-state index in [2.05, 4.69) is 15.3 Å². The first-order valence-corrected chi connectivity index (χ1v) is 9.98. The first-order chi connectivity index (χ1) is 15.1. The number of benzene rings is 3. The van der Waals surface area contributed by atoms with Gasteiger partial charge in [0.25, 0.3) is 5.91 Å². The van der Waals surface area contributed by atoms with E-state index in [9.17, 15) is 9.59 Å². The zero-order chi connectivity index (χ0) is 21.6. The van der Waals surface area contributed by atoms with Crippen LogP contribution in [-0.2, 0) is 0 Å². The Labute approximate surface area is 184 Å². The molecule has 0 spiro atoms. The number of carbonyl (C=O) groups is 1. The van der Waals surface area contributed by atoms with E-state index < -0.39 is 11.6 Å². The second kappa shape index (κ2) is 9.24. The van der Waals surface area contributed by atoms with Crippen LogP contribution in [0.4, 0.5) is 5.69 Å². The second-order valence-electron chi connectivity index (χ2n) is 6.75. The van der Waals surface area contributed by atoms with E-state index >= 15 is 0 Å². The van der Waals surface area contributed by atoms with E-state index in [-0.39, 0.29) is 5.56 Å². The summed E-state index contributed by atoms with van der Waals surface area (Å²) in [6.45, 7) is 0. The summed E-state index contributed by atoms with van der Waals surface area (Å²) in [5.74, 6) is -0.405. The van der Waals surface area contributed by atoms with Crippen LogP contribution < -0.4 is 11.0 Å². The summed E-state index contributed by atoms with van der Waals surface area (Å²) in [5, 5.41) is 3.35. The van der Waals surface area contributed by atoms with Crippen LogP contribution in [-0.4, -0.2) is 15.9 Å². The topological polar surface area (TPSA) is 74.8 Å². The second-order valence-corrected chi connectivity index (χ2v) is 7.19. The van der Waals surface area contributed by atoms with Crippen molar-refractivity contribution >= 4 is 35.3 Å². The van der Waals surface area contributed by atoms with Gasteiger partial charge in [-0.05, 0) is 29.8 Å². The molecule has 0 unspecified atom stereocenters. The molecule has 0 aliphatic heterocycles. The van der Waals surface area contributed by atoms with Crippen molar-refractivity contribution in [3.63, 3.8) is 0 Å². The lowest BCUT2D eigenvalue weighted by Crippen LogP contribution is -2.22. The predicted molar refractivity (Wildman–Crippen MR) is 125 cm³/mol. The highest BCUT2D eigenvalue weighted by molar-refractivity contribution is 6.31. The third-order valence-electron chi connectivity index (χ3n) is 4.56. The molecule has 0 bridgehead atoms. The standard InChI is InChI=1S/C25H18ClN3O2/c26-19-12-7-13-20(16-19)27-24(30)22-21(15-14-17-8-3-1-4-9-17)28-25(31)29-23(22)18-10-5-2-6-11-18/h1-16H,(H,27,30)(H,28,29,31)/b15-14+. The Kier molecular flexibility index (Phi) is 6.05. The maximum Gasteiger partial charge on any atom is 0.345 e. The first-order valence-electron chi connectivity index (χ1n) is 9.60. The van der Waals surface area contributed by atoms with Gasteiger partial charge < -0.3 is 10.3 Å². The summed E-state index contributed by atoms with van der Waals surface area (Å²) < 4.78 is 0. The van der Waals surface area contributed by atoms with Crippen molar-refractivity contribution < 1.29 is 4.79 Å². The summed E-state index contributed by atoms with van der Waals surface area (Å²) >= 11 is 6.05. The average Bonchev–Trinajstić information content (AvgIpc) is 2.78. The Morgan fingerprint density at radius 2 is 1.61 bits per heavy atom. The Hall–Kier alpha value is -3.96. The molecule has 0 radical (unpaired) electrons. The highest BCUT2D eigenvalue weighted by Gasteiger charge is 2.20. The third-order valence-corrected chi connectivity index (χ3v) is 4.79. The van der Waals surface area contributed by atoms with Gasteiger partial charge in [0.2, 0.25) is 0 Å². The van der Waals surface area contributed by atoms with Crippen molar-refractivity contribution in [2.45, 2.75) is 0 Å². The molecule has 0 atom stereocenters. The maximum absolute atomic E-state index is 13.3. The van der Waals surface area contributed by atoms with Gasteiger partial charge in [-0.3, -0.25) is 4.79 Å². The van der Waals surface area contributed by atoms with Crippen LogP contribution in [0.2, 0.25) is 5.02 Å². The van der Waals surface area contributed by atoms with Crippen LogP contribution in [0.3, 0.4) is 0 Å². The van der Waals surface area contributed by atoms with Gasteiger partial charge in [-0.2, -0.15) is 4.98 Å². The van der Waals surface area contributed by atoms with Crippen molar-refractivity contribution in [3.8, 4) is 11.3 Å². The summed E-state index contributed by atoms with van der Waals surface area (Å²) in [6, 6.07) is 25.6. The van der Waals surface area contributed by atoms with Crippen molar-refractivity contribution in [2.24, 2.45) is 0 Å².